The highest BCUT2D eigenvalue weighted by molar-refractivity contribution is 5.81. The normalized spacial score (nSPS) is 25.6. The van der Waals surface area contributed by atoms with Gasteiger partial charge in [0.2, 0.25) is 0 Å². The van der Waals surface area contributed by atoms with Crippen LogP contribution in [0.25, 0.3) is 0 Å². The summed E-state index contributed by atoms with van der Waals surface area (Å²) in [6, 6.07) is -0.819. The Labute approximate surface area is 95.4 Å². The van der Waals surface area contributed by atoms with Crippen LogP contribution < -0.4 is 0 Å². The van der Waals surface area contributed by atoms with Gasteiger partial charge in [-0.3, -0.25) is 4.90 Å². The first-order valence-electron chi connectivity index (χ1n) is 5.46. The second-order valence-electron chi connectivity index (χ2n) is 5.17. The molecule has 0 bridgehead atoms. The molecule has 0 aromatic rings. The molecular weight excluding hydrogens is 210 g/mol. The topological polar surface area (TPSA) is 66.8 Å². The lowest BCUT2D eigenvalue weighted by Crippen LogP contribution is -2.46. The van der Waals surface area contributed by atoms with Crippen LogP contribution in [0.4, 0.5) is 4.79 Å². The molecule has 16 heavy (non-hydrogen) atoms. The first-order valence-corrected chi connectivity index (χ1v) is 5.46. The fourth-order valence-corrected chi connectivity index (χ4v) is 1.85. The quantitative estimate of drug-likeness (QED) is 0.745. The summed E-state index contributed by atoms with van der Waals surface area (Å²) in [5.74, 6) is -0.963. The number of carbonyl (C=O) groups excluding carboxylic acids is 1. The van der Waals surface area contributed by atoms with Crippen LogP contribution in [-0.4, -0.2) is 39.8 Å². The van der Waals surface area contributed by atoms with E-state index in [2.05, 4.69) is 0 Å². The molecule has 0 radical (unpaired) electrons. The average Bonchev–Trinajstić information content (AvgIpc) is 2.43. The Morgan fingerprint density at radius 2 is 1.88 bits per heavy atom. The van der Waals surface area contributed by atoms with E-state index in [1.165, 1.54) is 4.90 Å². The van der Waals surface area contributed by atoms with Crippen molar-refractivity contribution in [2.24, 2.45) is 0 Å². The number of nitrogens with zero attached hydrogens (tertiary/aromatic N) is 1. The third-order valence-electron chi connectivity index (χ3n) is 2.56. The molecular formula is C11H19NO4. The van der Waals surface area contributed by atoms with Crippen molar-refractivity contribution in [3.05, 3.63) is 0 Å². The molecule has 1 N–H and O–H groups in total. The smallest absolute Gasteiger partial charge is 0.411 e. The molecule has 1 heterocycles. The largest absolute Gasteiger partial charge is 0.480 e. The minimum Gasteiger partial charge on any atom is -0.480 e. The SMILES string of the molecule is C[C@H]1CCC(C(=O)O)N1C(=O)OC(C)(C)C. The molecule has 0 aromatic carbocycles. The second-order valence-corrected chi connectivity index (χ2v) is 5.17. The van der Waals surface area contributed by atoms with E-state index in [0.717, 1.165) is 0 Å². The molecule has 1 fully saturated rings. The van der Waals surface area contributed by atoms with E-state index in [1.807, 2.05) is 6.92 Å². The summed E-state index contributed by atoms with van der Waals surface area (Å²) in [6.45, 7) is 7.14. The van der Waals surface area contributed by atoms with Gasteiger partial charge >= 0.3 is 12.1 Å². The van der Waals surface area contributed by atoms with Gasteiger partial charge in [-0.2, -0.15) is 0 Å². The van der Waals surface area contributed by atoms with E-state index in [9.17, 15) is 9.59 Å². The number of hydrogen-bond donors (Lipinski definition) is 1. The molecule has 1 rings (SSSR count). The van der Waals surface area contributed by atoms with E-state index in [1.54, 1.807) is 20.8 Å². The van der Waals surface area contributed by atoms with Crippen LogP contribution in [0.2, 0.25) is 0 Å². The molecule has 1 amide bonds. The number of carbonyl (C=O) groups is 2. The fourth-order valence-electron chi connectivity index (χ4n) is 1.85. The number of aliphatic carboxylic acids is 1. The molecule has 92 valence electrons. The lowest BCUT2D eigenvalue weighted by atomic mass is 10.2. The van der Waals surface area contributed by atoms with Crippen LogP contribution in [0.1, 0.15) is 40.5 Å². The number of likely N-dealkylation sites (tertiary alicyclic amines) is 1. The van der Waals surface area contributed by atoms with Gasteiger partial charge in [-0.05, 0) is 40.5 Å². The number of amides is 1. The minimum atomic E-state index is -0.963. The molecule has 0 saturated carbocycles. The molecule has 0 aliphatic carbocycles. The van der Waals surface area contributed by atoms with E-state index in [4.69, 9.17) is 9.84 Å². The minimum absolute atomic E-state index is 0.0732. The van der Waals surface area contributed by atoms with Crippen molar-refractivity contribution in [1.29, 1.82) is 0 Å². The molecule has 1 saturated heterocycles. The molecule has 2 atom stereocenters. The van der Waals surface area contributed by atoms with E-state index >= 15 is 0 Å². The van der Waals surface area contributed by atoms with Crippen molar-refractivity contribution >= 4 is 12.1 Å². The lowest BCUT2D eigenvalue weighted by molar-refractivity contribution is -0.142. The molecule has 0 aromatic heterocycles. The lowest BCUT2D eigenvalue weighted by Gasteiger charge is -2.29. The van der Waals surface area contributed by atoms with E-state index in [0.29, 0.717) is 12.8 Å². The Morgan fingerprint density at radius 3 is 2.31 bits per heavy atom. The Balaban J connectivity index is 2.76. The molecule has 5 heteroatoms. The highest BCUT2D eigenvalue weighted by Gasteiger charge is 2.40. The maximum absolute atomic E-state index is 11.8. The zero-order valence-corrected chi connectivity index (χ0v) is 10.2. The van der Waals surface area contributed by atoms with Crippen LogP contribution in [-0.2, 0) is 9.53 Å². The van der Waals surface area contributed by atoms with Gasteiger partial charge in [-0.15, -0.1) is 0 Å². The Morgan fingerprint density at radius 1 is 1.31 bits per heavy atom. The molecule has 0 spiro atoms. The van der Waals surface area contributed by atoms with Crippen molar-refractivity contribution in [3.63, 3.8) is 0 Å². The van der Waals surface area contributed by atoms with Gasteiger partial charge in [-0.25, -0.2) is 9.59 Å². The molecule has 1 aliphatic heterocycles. The van der Waals surface area contributed by atoms with Crippen LogP contribution in [0.3, 0.4) is 0 Å². The summed E-state index contributed by atoms with van der Waals surface area (Å²) < 4.78 is 5.20. The van der Waals surface area contributed by atoms with Gasteiger partial charge in [0.05, 0.1) is 0 Å². The predicted octanol–water partition coefficient (Wildman–Crippen LogP) is 1.86. The summed E-state index contributed by atoms with van der Waals surface area (Å²) in [6.07, 6.45) is 0.663. The number of carboxylic acids is 1. The summed E-state index contributed by atoms with van der Waals surface area (Å²) in [4.78, 5) is 24.1. The summed E-state index contributed by atoms with van der Waals surface area (Å²) in [7, 11) is 0. The van der Waals surface area contributed by atoms with Crippen molar-refractivity contribution in [2.75, 3.05) is 0 Å². The van der Waals surface area contributed by atoms with Crippen LogP contribution in [0.5, 0.6) is 0 Å². The number of rotatable bonds is 1. The molecule has 1 aliphatic rings. The first-order chi connectivity index (χ1) is 7.22. The van der Waals surface area contributed by atoms with Crippen LogP contribution in [0, 0.1) is 0 Å². The number of hydrogen-bond acceptors (Lipinski definition) is 3. The fraction of sp³-hybridized carbons (Fsp3) is 0.818. The van der Waals surface area contributed by atoms with Crippen molar-refractivity contribution in [2.45, 2.75) is 58.2 Å². The summed E-state index contributed by atoms with van der Waals surface area (Å²) >= 11 is 0. The van der Waals surface area contributed by atoms with Crippen molar-refractivity contribution in [3.8, 4) is 0 Å². The van der Waals surface area contributed by atoms with Crippen molar-refractivity contribution in [1.82, 2.24) is 4.90 Å². The van der Waals surface area contributed by atoms with Crippen LogP contribution >= 0.6 is 0 Å². The highest BCUT2D eigenvalue weighted by Crippen LogP contribution is 2.26. The predicted molar refractivity (Wildman–Crippen MR) is 58.2 cm³/mol. The third kappa shape index (κ3) is 2.87. The highest BCUT2D eigenvalue weighted by atomic mass is 16.6. The maximum Gasteiger partial charge on any atom is 0.411 e. The van der Waals surface area contributed by atoms with E-state index in [-0.39, 0.29) is 6.04 Å². The summed E-state index contributed by atoms with van der Waals surface area (Å²) in [5.41, 5.74) is -0.595. The Bertz CT molecular complexity index is 295. The maximum atomic E-state index is 11.8. The second kappa shape index (κ2) is 4.31. The third-order valence-corrected chi connectivity index (χ3v) is 2.56. The summed E-state index contributed by atoms with van der Waals surface area (Å²) in [5, 5.41) is 9.00. The molecule has 5 nitrogen and oxygen atoms in total. The number of ether oxygens (including phenoxy) is 1. The van der Waals surface area contributed by atoms with Crippen LogP contribution in [0.15, 0.2) is 0 Å². The van der Waals surface area contributed by atoms with Gasteiger partial charge in [-0.1, -0.05) is 0 Å². The Kier molecular flexibility index (Phi) is 3.45. The first kappa shape index (κ1) is 12.8. The van der Waals surface area contributed by atoms with Gasteiger partial charge in [0.15, 0.2) is 0 Å². The number of carboxylic acid groups (broad SMARTS) is 1. The van der Waals surface area contributed by atoms with Gasteiger partial charge in [0.1, 0.15) is 11.6 Å². The molecule has 1 unspecified atom stereocenters. The standard InChI is InChI=1S/C11H19NO4/c1-7-5-6-8(9(13)14)12(7)10(15)16-11(2,3)4/h7-8H,5-6H2,1-4H3,(H,13,14)/t7-,8?/m0/s1. The zero-order valence-electron chi connectivity index (χ0n) is 10.2. The Hall–Kier alpha value is -1.26. The zero-order chi connectivity index (χ0) is 12.5. The monoisotopic (exact) mass is 229 g/mol. The average molecular weight is 229 g/mol. The van der Waals surface area contributed by atoms with E-state index < -0.39 is 23.7 Å². The van der Waals surface area contributed by atoms with Gasteiger partial charge in [0.25, 0.3) is 0 Å². The van der Waals surface area contributed by atoms with Gasteiger partial charge < -0.3 is 9.84 Å². The van der Waals surface area contributed by atoms with Gasteiger partial charge in [0, 0.05) is 6.04 Å². The van der Waals surface area contributed by atoms with Crippen molar-refractivity contribution < 1.29 is 19.4 Å².